The Labute approximate surface area is 166 Å². The molecule has 3 aromatic carbocycles. The topological polar surface area (TPSA) is 40.5 Å². The maximum Gasteiger partial charge on any atom is 0.254 e. The lowest BCUT2D eigenvalue weighted by atomic mass is 9.97. The third kappa shape index (κ3) is 4.00. The molecule has 142 valence electrons. The number of aliphatic hydroxyl groups excluding tert-OH is 1. The highest BCUT2D eigenvalue weighted by molar-refractivity contribution is 6.01. The minimum Gasteiger partial charge on any atom is -0.392 e. The van der Waals surface area contributed by atoms with Crippen LogP contribution < -0.4 is 0 Å². The number of likely N-dealkylation sites (tertiary alicyclic amines) is 1. The third-order valence-electron chi connectivity index (χ3n) is 5.51. The highest BCUT2D eigenvalue weighted by Crippen LogP contribution is 2.28. The van der Waals surface area contributed by atoms with Gasteiger partial charge in [-0.25, -0.2) is 0 Å². The summed E-state index contributed by atoms with van der Waals surface area (Å²) in [6.45, 7) is 1.65. The molecule has 1 aliphatic rings. The first kappa shape index (κ1) is 18.5. The van der Waals surface area contributed by atoms with E-state index < -0.39 is 0 Å². The van der Waals surface area contributed by atoms with Gasteiger partial charge in [0.1, 0.15) is 0 Å². The molecule has 28 heavy (non-hydrogen) atoms. The predicted molar refractivity (Wildman–Crippen MR) is 112 cm³/mol. The summed E-state index contributed by atoms with van der Waals surface area (Å²) in [5.74, 6) is 0.577. The number of hydrogen-bond acceptors (Lipinski definition) is 2. The van der Waals surface area contributed by atoms with Crippen LogP contribution in [0.15, 0.2) is 78.9 Å². The average molecular weight is 371 g/mol. The fourth-order valence-corrected chi connectivity index (χ4v) is 4.08. The Kier molecular flexibility index (Phi) is 5.54. The van der Waals surface area contributed by atoms with Crippen LogP contribution in [0.4, 0.5) is 0 Å². The van der Waals surface area contributed by atoms with Crippen LogP contribution in [0.2, 0.25) is 0 Å². The zero-order valence-corrected chi connectivity index (χ0v) is 15.9. The monoisotopic (exact) mass is 371 g/mol. The summed E-state index contributed by atoms with van der Waals surface area (Å²) < 4.78 is 0. The summed E-state index contributed by atoms with van der Waals surface area (Å²) >= 11 is 0. The summed E-state index contributed by atoms with van der Waals surface area (Å²) in [6, 6.07) is 26.1. The van der Waals surface area contributed by atoms with E-state index in [9.17, 15) is 9.90 Å². The Balaban J connectivity index is 1.48. The first-order valence-corrected chi connectivity index (χ1v) is 9.87. The Morgan fingerprint density at radius 2 is 1.68 bits per heavy atom. The largest absolute Gasteiger partial charge is 0.392 e. The van der Waals surface area contributed by atoms with Crippen molar-refractivity contribution in [2.75, 3.05) is 13.1 Å². The molecular formula is C25H25NO2. The van der Waals surface area contributed by atoms with Crippen molar-refractivity contribution in [2.45, 2.75) is 19.4 Å². The molecular weight excluding hydrogens is 346 g/mol. The molecule has 3 nitrogen and oxygen atoms in total. The van der Waals surface area contributed by atoms with E-state index in [-0.39, 0.29) is 12.5 Å². The van der Waals surface area contributed by atoms with Crippen LogP contribution in [-0.4, -0.2) is 29.0 Å². The minimum absolute atomic E-state index is 0.0688. The fraction of sp³-hybridized carbons (Fsp3) is 0.240. The van der Waals surface area contributed by atoms with Crippen molar-refractivity contribution in [3.8, 4) is 11.1 Å². The standard InChI is InChI=1S/C25H25NO2/c27-18-21-8-6-7-19(16-21)15-20-13-14-26(17-20)25(28)24-12-5-4-11-23(24)22-9-2-1-3-10-22/h1-12,16,20,27H,13-15,17-18H2/t20-/m1/s1. The van der Waals surface area contributed by atoms with Crippen LogP contribution in [0.25, 0.3) is 11.1 Å². The number of carbonyl (C=O) groups is 1. The molecule has 0 radical (unpaired) electrons. The summed E-state index contributed by atoms with van der Waals surface area (Å²) in [4.78, 5) is 15.2. The zero-order valence-electron chi connectivity index (χ0n) is 15.9. The third-order valence-corrected chi connectivity index (χ3v) is 5.51. The molecule has 1 heterocycles. The Morgan fingerprint density at radius 1 is 0.929 bits per heavy atom. The summed E-state index contributed by atoms with van der Waals surface area (Å²) in [7, 11) is 0. The van der Waals surface area contributed by atoms with Gasteiger partial charge in [0.2, 0.25) is 0 Å². The number of rotatable bonds is 5. The van der Waals surface area contributed by atoms with Crippen LogP contribution in [0.5, 0.6) is 0 Å². The highest BCUT2D eigenvalue weighted by Gasteiger charge is 2.28. The van der Waals surface area contributed by atoms with Gasteiger partial charge >= 0.3 is 0 Å². The van der Waals surface area contributed by atoms with Crippen LogP contribution in [0, 0.1) is 5.92 Å². The Bertz CT molecular complexity index is 952. The van der Waals surface area contributed by atoms with Gasteiger partial charge in [0.05, 0.1) is 6.61 Å². The van der Waals surface area contributed by atoms with Crippen molar-refractivity contribution in [1.29, 1.82) is 0 Å². The maximum absolute atomic E-state index is 13.2. The molecule has 0 aromatic heterocycles. The number of amides is 1. The van der Waals surface area contributed by atoms with Crippen LogP contribution in [-0.2, 0) is 13.0 Å². The average Bonchev–Trinajstić information content (AvgIpc) is 3.22. The van der Waals surface area contributed by atoms with Crippen LogP contribution >= 0.6 is 0 Å². The van der Waals surface area contributed by atoms with Gasteiger partial charge < -0.3 is 10.0 Å². The van der Waals surface area contributed by atoms with Crippen molar-refractivity contribution in [1.82, 2.24) is 4.90 Å². The lowest BCUT2D eigenvalue weighted by Crippen LogP contribution is -2.29. The number of benzene rings is 3. The summed E-state index contributed by atoms with van der Waals surface area (Å²) in [5, 5.41) is 9.33. The van der Waals surface area contributed by atoms with Gasteiger partial charge in [0.15, 0.2) is 0 Å². The van der Waals surface area contributed by atoms with Gasteiger partial charge in [-0.1, -0.05) is 72.8 Å². The second kappa shape index (κ2) is 8.41. The lowest BCUT2D eigenvalue weighted by Gasteiger charge is -2.19. The minimum atomic E-state index is 0.0688. The molecule has 0 saturated carbocycles. The molecule has 3 aromatic rings. The van der Waals surface area contributed by atoms with Gasteiger partial charge in [-0.15, -0.1) is 0 Å². The molecule has 0 spiro atoms. The van der Waals surface area contributed by atoms with Crippen molar-refractivity contribution in [3.63, 3.8) is 0 Å². The molecule has 0 aliphatic carbocycles. The van der Waals surface area contributed by atoms with E-state index in [0.29, 0.717) is 5.92 Å². The van der Waals surface area contributed by atoms with Crippen molar-refractivity contribution < 1.29 is 9.90 Å². The van der Waals surface area contributed by atoms with E-state index in [1.54, 1.807) is 0 Å². The second-order valence-electron chi connectivity index (χ2n) is 7.50. The molecule has 0 bridgehead atoms. The van der Waals surface area contributed by atoms with E-state index in [1.807, 2.05) is 71.6 Å². The van der Waals surface area contributed by atoms with Gasteiger partial charge in [0, 0.05) is 18.7 Å². The van der Waals surface area contributed by atoms with Gasteiger partial charge in [-0.3, -0.25) is 4.79 Å². The van der Waals surface area contributed by atoms with Gasteiger partial charge in [-0.2, -0.15) is 0 Å². The first-order valence-electron chi connectivity index (χ1n) is 9.87. The molecule has 1 fully saturated rings. The van der Waals surface area contributed by atoms with Crippen LogP contribution in [0.1, 0.15) is 27.9 Å². The molecule has 3 heteroatoms. The Morgan fingerprint density at radius 3 is 2.50 bits per heavy atom. The van der Waals surface area contributed by atoms with Crippen molar-refractivity contribution in [2.24, 2.45) is 5.92 Å². The number of aliphatic hydroxyl groups is 1. The Hall–Kier alpha value is -2.91. The maximum atomic E-state index is 13.2. The predicted octanol–water partition coefficient (Wildman–Crippen LogP) is 4.55. The molecule has 1 amide bonds. The molecule has 1 N–H and O–H groups in total. The molecule has 4 rings (SSSR count). The van der Waals surface area contributed by atoms with E-state index in [2.05, 4.69) is 12.1 Å². The molecule has 1 aliphatic heterocycles. The van der Waals surface area contributed by atoms with Crippen LogP contribution in [0.3, 0.4) is 0 Å². The number of hydrogen-bond donors (Lipinski definition) is 1. The van der Waals surface area contributed by atoms with Gasteiger partial charge in [-0.05, 0) is 47.1 Å². The van der Waals surface area contributed by atoms with Crippen molar-refractivity contribution >= 4 is 5.91 Å². The van der Waals surface area contributed by atoms with Gasteiger partial charge in [0.25, 0.3) is 5.91 Å². The SMILES string of the molecule is O=C(c1ccccc1-c1ccccc1)N1CC[C@H](Cc2cccc(CO)c2)C1. The summed E-state index contributed by atoms with van der Waals surface area (Å²) in [6.07, 6.45) is 1.96. The zero-order chi connectivity index (χ0) is 19.3. The molecule has 1 saturated heterocycles. The highest BCUT2D eigenvalue weighted by atomic mass is 16.3. The lowest BCUT2D eigenvalue weighted by molar-refractivity contribution is 0.0788. The van der Waals surface area contributed by atoms with E-state index >= 15 is 0 Å². The van der Waals surface area contributed by atoms with Crippen molar-refractivity contribution in [3.05, 3.63) is 95.6 Å². The number of carbonyl (C=O) groups excluding carboxylic acids is 1. The first-order chi connectivity index (χ1) is 13.7. The quantitative estimate of drug-likeness (QED) is 0.715. The van der Waals surface area contributed by atoms with E-state index in [4.69, 9.17) is 0 Å². The normalized spacial score (nSPS) is 16.3. The number of nitrogens with zero attached hydrogens (tertiary/aromatic N) is 1. The molecule has 0 unspecified atom stereocenters. The van der Waals surface area contributed by atoms with E-state index in [0.717, 1.165) is 48.2 Å². The molecule has 1 atom stereocenters. The second-order valence-corrected chi connectivity index (χ2v) is 7.50. The fourth-order valence-electron chi connectivity index (χ4n) is 4.08. The summed E-state index contributed by atoms with van der Waals surface area (Å²) in [5.41, 5.74) is 5.02. The smallest absolute Gasteiger partial charge is 0.254 e. The van der Waals surface area contributed by atoms with E-state index in [1.165, 1.54) is 5.56 Å².